The summed E-state index contributed by atoms with van der Waals surface area (Å²) in [4.78, 5) is 0. The Labute approximate surface area is 72.5 Å². The average Bonchev–Trinajstić information content (AvgIpc) is 1.83. The fourth-order valence-electron chi connectivity index (χ4n) is 0.557. The molecule has 0 bridgehead atoms. The minimum atomic E-state index is -1.00. The molecule has 1 heterocycles. The molecular weight excluding hydrogens is 254 g/mol. The minimum Gasteiger partial charge on any atom is -0.177 e. The van der Waals surface area contributed by atoms with Gasteiger partial charge >= 0.3 is 0 Å². The molecule has 0 saturated carbocycles. The average molecular weight is 258 g/mol. The molecule has 1 rings (SSSR count). The molecule has 1 fully saturated rings. The maximum absolute atomic E-state index is 5.89. The zero-order chi connectivity index (χ0) is 6.31. The van der Waals surface area contributed by atoms with Gasteiger partial charge in [0.15, 0.2) is 0 Å². The summed E-state index contributed by atoms with van der Waals surface area (Å²) in [6, 6.07) is 0. The van der Waals surface area contributed by atoms with E-state index in [0.29, 0.717) is 0 Å². The summed E-state index contributed by atoms with van der Waals surface area (Å²) in [7, 11) is -4.02. The van der Waals surface area contributed by atoms with Gasteiger partial charge in [-0.2, -0.15) is 44.3 Å². The highest BCUT2D eigenvalue weighted by atomic mass is 35.6. The van der Waals surface area contributed by atoms with Crippen molar-refractivity contribution in [2.24, 2.45) is 0 Å². The second kappa shape index (κ2) is 2.96. The van der Waals surface area contributed by atoms with E-state index in [1.165, 1.54) is 0 Å². The van der Waals surface area contributed by atoms with Crippen LogP contribution in [-0.4, -0.2) is 28.6 Å². The Morgan fingerprint density at radius 2 is 0.625 bits per heavy atom. The monoisotopic (exact) mass is 256 g/mol. The standard InChI is InChI=1S/Cl4H4Si4/c1-5-6(2)8(4)7(5)3/h5-8H. The van der Waals surface area contributed by atoms with Crippen LogP contribution in [0.15, 0.2) is 0 Å². The maximum atomic E-state index is 5.89. The van der Waals surface area contributed by atoms with Crippen molar-refractivity contribution in [3.8, 4) is 0 Å². The summed E-state index contributed by atoms with van der Waals surface area (Å²) in [6.45, 7) is 0. The third-order valence-electron chi connectivity index (χ3n) is 1.22. The van der Waals surface area contributed by atoms with Crippen molar-refractivity contribution in [1.29, 1.82) is 0 Å². The largest absolute Gasteiger partial charge is 0.177 e. The molecule has 0 spiro atoms. The molecule has 0 atom stereocenters. The highest BCUT2D eigenvalue weighted by molar-refractivity contribution is 8.19. The zero-order valence-corrected chi connectivity index (χ0v) is 11.5. The fraction of sp³-hybridized carbons (Fsp3) is 0. The first-order valence-corrected chi connectivity index (χ1v) is 19.9. The van der Waals surface area contributed by atoms with Crippen molar-refractivity contribution < 1.29 is 0 Å². The molecule has 1 aliphatic heterocycles. The highest BCUT2D eigenvalue weighted by Gasteiger charge is 2.52. The lowest BCUT2D eigenvalue weighted by Crippen LogP contribution is -2.68. The van der Waals surface area contributed by atoms with Crippen LogP contribution in [-0.2, 0) is 0 Å². The normalized spacial score (nSPS) is 55.5. The van der Waals surface area contributed by atoms with Gasteiger partial charge in [0, 0.05) is 0 Å². The molecule has 0 aromatic heterocycles. The number of rotatable bonds is 0. The van der Waals surface area contributed by atoms with Gasteiger partial charge in [-0.3, -0.25) is 0 Å². The van der Waals surface area contributed by atoms with Crippen molar-refractivity contribution in [3.05, 3.63) is 0 Å². The van der Waals surface area contributed by atoms with E-state index < -0.39 is 28.6 Å². The van der Waals surface area contributed by atoms with Crippen molar-refractivity contribution in [2.45, 2.75) is 0 Å². The predicted octanol–water partition coefficient (Wildman–Crippen LogP) is 0.164. The van der Waals surface area contributed by atoms with Crippen molar-refractivity contribution in [1.82, 2.24) is 0 Å². The molecule has 0 aromatic rings. The first-order valence-electron chi connectivity index (χ1n) is 2.21. The fourth-order valence-corrected chi connectivity index (χ4v) is 117. The van der Waals surface area contributed by atoms with Crippen LogP contribution in [0.2, 0.25) is 0 Å². The van der Waals surface area contributed by atoms with Crippen molar-refractivity contribution in [3.63, 3.8) is 0 Å². The van der Waals surface area contributed by atoms with Gasteiger partial charge < -0.3 is 0 Å². The van der Waals surface area contributed by atoms with E-state index in [-0.39, 0.29) is 0 Å². The van der Waals surface area contributed by atoms with Crippen LogP contribution in [0.4, 0.5) is 0 Å². The van der Waals surface area contributed by atoms with Gasteiger partial charge in [0.1, 0.15) is 28.6 Å². The molecule has 1 aliphatic rings. The van der Waals surface area contributed by atoms with E-state index in [0.717, 1.165) is 0 Å². The van der Waals surface area contributed by atoms with Crippen molar-refractivity contribution in [2.75, 3.05) is 0 Å². The van der Waals surface area contributed by atoms with Gasteiger partial charge in [0.25, 0.3) is 0 Å². The van der Waals surface area contributed by atoms with E-state index in [4.69, 9.17) is 44.3 Å². The topological polar surface area (TPSA) is 0 Å². The lowest BCUT2D eigenvalue weighted by molar-refractivity contribution is 3.36. The number of hydrogen-bond donors (Lipinski definition) is 0. The second-order valence-corrected chi connectivity index (χ2v) is 48.0. The molecule has 0 aliphatic carbocycles. The molecule has 48 valence electrons. The molecule has 0 amide bonds. The van der Waals surface area contributed by atoms with E-state index in [9.17, 15) is 0 Å². The number of halogens is 4. The second-order valence-electron chi connectivity index (χ2n) is 1.78. The van der Waals surface area contributed by atoms with Crippen LogP contribution in [0.5, 0.6) is 0 Å². The van der Waals surface area contributed by atoms with Gasteiger partial charge in [-0.05, 0) is 0 Å². The third kappa shape index (κ3) is 1.22. The Hall–Kier alpha value is 2.03. The van der Waals surface area contributed by atoms with E-state index in [1.54, 1.807) is 0 Å². The van der Waals surface area contributed by atoms with Crippen molar-refractivity contribution >= 4 is 72.9 Å². The minimum absolute atomic E-state index is 1.00. The molecule has 0 radical (unpaired) electrons. The molecule has 0 aromatic carbocycles. The summed E-state index contributed by atoms with van der Waals surface area (Å²) in [5.41, 5.74) is 0. The molecule has 0 unspecified atom stereocenters. The summed E-state index contributed by atoms with van der Waals surface area (Å²) in [6.07, 6.45) is 0. The number of hydrogen-bond acceptors (Lipinski definition) is 0. The van der Waals surface area contributed by atoms with Crippen LogP contribution in [0.25, 0.3) is 0 Å². The third-order valence-corrected chi connectivity index (χ3v) is 98.6. The first-order chi connectivity index (χ1) is 3.64. The summed E-state index contributed by atoms with van der Waals surface area (Å²) in [5.74, 6) is 0. The quantitative estimate of drug-likeness (QED) is 0.429. The smallest absolute Gasteiger partial charge is 0.149 e. The zero-order valence-electron chi connectivity index (χ0n) is 3.82. The van der Waals surface area contributed by atoms with E-state index in [1.807, 2.05) is 0 Å². The Bertz CT molecular complexity index is 62.0. The van der Waals surface area contributed by atoms with Gasteiger partial charge in [0.05, 0.1) is 0 Å². The van der Waals surface area contributed by atoms with Crippen LogP contribution in [0.3, 0.4) is 0 Å². The van der Waals surface area contributed by atoms with Gasteiger partial charge in [-0.15, -0.1) is 0 Å². The van der Waals surface area contributed by atoms with Crippen LogP contribution in [0, 0.1) is 0 Å². The summed E-state index contributed by atoms with van der Waals surface area (Å²) >= 11 is 23.6. The predicted molar refractivity (Wildman–Crippen MR) is 52.0 cm³/mol. The molecule has 1 saturated heterocycles. The Balaban J connectivity index is 2.42. The van der Waals surface area contributed by atoms with Crippen LogP contribution >= 0.6 is 44.3 Å². The van der Waals surface area contributed by atoms with E-state index >= 15 is 0 Å². The Morgan fingerprint density at radius 1 is 0.500 bits per heavy atom. The maximum Gasteiger partial charge on any atom is 0.149 e. The van der Waals surface area contributed by atoms with Crippen LogP contribution < -0.4 is 0 Å². The highest BCUT2D eigenvalue weighted by Crippen LogP contribution is 2.26. The molecule has 8 heteroatoms. The molecule has 0 N–H and O–H groups in total. The summed E-state index contributed by atoms with van der Waals surface area (Å²) < 4.78 is 0. The Kier molecular flexibility index (Phi) is 3.00. The van der Waals surface area contributed by atoms with Crippen LogP contribution in [0.1, 0.15) is 0 Å². The molecular formula is H4Cl4Si4. The van der Waals surface area contributed by atoms with Gasteiger partial charge in [-0.1, -0.05) is 0 Å². The molecule has 0 nitrogen and oxygen atoms in total. The summed E-state index contributed by atoms with van der Waals surface area (Å²) in [5, 5.41) is 0. The van der Waals surface area contributed by atoms with E-state index in [2.05, 4.69) is 0 Å². The van der Waals surface area contributed by atoms with Gasteiger partial charge in [-0.25, -0.2) is 0 Å². The lowest BCUT2D eigenvalue weighted by atomic mass is 26.0. The SMILES string of the molecule is Cl[SiH]1[SiH](Cl)[SiH](Cl)[SiH]1Cl. The first kappa shape index (κ1) is 8.13. The van der Waals surface area contributed by atoms with Gasteiger partial charge in [0.2, 0.25) is 0 Å². The molecule has 8 heavy (non-hydrogen) atoms. The Morgan fingerprint density at radius 3 is 0.750 bits per heavy atom. The lowest BCUT2D eigenvalue weighted by Gasteiger charge is -2.32.